The lowest BCUT2D eigenvalue weighted by atomic mass is 10.1. The highest BCUT2D eigenvalue weighted by Crippen LogP contribution is 2.23. The van der Waals surface area contributed by atoms with Crippen molar-refractivity contribution in [2.24, 2.45) is 0 Å². The van der Waals surface area contributed by atoms with Crippen molar-refractivity contribution < 1.29 is 4.79 Å². The Labute approximate surface area is 120 Å². The van der Waals surface area contributed by atoms with Crippen LogP contribution in [-0.2, 0) is 13.1 Å². The second-order valence-electron chi connectivity index (χ2n) is 5.20. The molecule has 1 aliphatic heterocycles. The summed E-state index contributed by atoms with van der Waals surface area (Å²) < 4.78 is 1.34. The zero-order valence-corrected chi connectivity index (χ0v) is 11.2. The SMILES string of the molecule is O=C(N1Cc2ccccc2C1)n1[nH]c(=O)c2ccccc21. The minimum Gasteiger partial charge on any atom is -0.314 e. The van der Waals surface area contributed by atoms with Crippen LogP contribution in [0.2, 0.25) is 0 Å². The molecule has 4 rings (SSSR count). The summed E-state index contributed by atoms with van der Waals surface area (Å²) in [7, 11) is 0. The van der Waals surface area contributed by atoms with Gasteiger partial charge in [-0.05, 0) is 23.3 Å². The second-order valence-corrected chi connectivity index (χ2v) is 5.20. The molecule has 0 bridgehead atoms. The van der Waals surface area contributed by atoms with E-state index < -0.39 is 0 Å². The van der Waals surface area contributed by atoms with E-state index >= 15 is 0 Å². The maximum Gasteiger partial charge on any atom is 0.344 e. The number of rotatable bonds is 0. The molecular weight excluding hydrogens is 266 g/mol. The Morgan fingerprint density at radius 3 is 2.29 bits per heavy atom. The Morgan fingerprint density at radius 1 is 0.952 bits per heavy atom. The number of fused-ring (bicyclic) bond motifs is 2. The predicted octanol–water partition coefficient (Wildman–Crippen LogP) is 2.31. The third-order valence-electron chi connectivity index (χ3n) is 3.91. The third-order valence-corrected chi connectivity index (χ3v) is 3.91. The van der Waals surface area contributed by atoms with Gasteiger partial charge in [0.25, 0.3) is 5.56 Å². The minimum absolute atomic E-state index is 0.204. The molecule has 1 amide bonds. The molecule has 104 valence electrons. The van der Waals surface area contributed by atoms with E-state index in [0.29, 0.717) is 24.0 Å². The predicted molar refractivity (Wildman–Crippen MR) is 79.0 cm³/mol. The number of benzene rings is 2. The highest BCUT2D eigenvalue weighted by Gasteiger charge is 2.25. The van der Waals surface area contributed by atoms with E-state index in [9.17, 15) is 9.59 Å². The summed E-state index contributed by atoms with van der Waals surface area (Å²) >= 11 is 0. The number of aromatic nitrogens is 2. The maximum absolute atomic E-state index is 12.7. The molecule has 1 aromatic heterocycles. The quantitative estimate of drug-likeness (QED) is 0.686. The highest BCUT2D eigenvalue weighted by molar-refractivity contribution is 5.89. The first-order chi connectivity index (χ1) is 10.2. The Bertz CT molecular complexity index is 882. The van der Waals surface area contributed by atoms with Gasteiger partial charge in [-0.3, -0.25) is 9.89 Å². The van der Waals surface area contributed by atoms with E-state index in [1.54, 1.807) is 23.1 Å². The molecule has 3 aromatic rings. The number of aromatic amines is 1. The number of H-pyrrole nitrogens is 1. The molecule has 0 saturated carbocycles. The standard InChI is InChI=1S/C16H13N3O2/c20-15-13-7-3-4-8-14(13)19(17-15)16(21)18-9-11-5-1-2-6-12(11)10-18/h1-8H,9-10H2,(H,17,20). The average molecular weight is 279 g/mol. The van der Waals surface area contributed by atoms with Crippen LogP contribution in [0.4, 0.5) is 4.79 Å². The van der Waals surface area contributed by atoms with Crippen LogP contribution >= 0.6 is 0 Å². The second kappa shape index (κ2) is 4.34. The summed E-state index contributed by atoms with van der Waals surface area (Å²) in [6, 6.07) is 14.9. The molecule has 5 nitrogen and oxygen atoms in total. The fourth-order valence-corrected chi connectivity index (χ4v) is 2.84. The van der Waals surface area contributed by atoms with Crippen LogP contribution in [0, 0.1) is 0 Å². The monoisotopic (exact) mass is 279 g/mol. The molecule has 0 unspecified atom stereocenters. The fourth-order valence-electron chi connectivity index (χ4n) is 2.84. The van der Waals surface area contributed by atoms with Gasteiger partial charge in [0.05, 0.1) is 10.9 Å². The van der Waals surface area contributed by atoms with Gasteiger partial charge in [-0.2, -0.15) is 0 Å². The number of carbonyl (C=O) groups is 1. The van der Waals surface area contributed by atoms with Gasteiger partial charge in [-0.15, -0.1) is 0 Å². The van der Waals surface area contributed by atoms with Gasteiger partial charge < -0.3 is 4.90 Å². The molecule has 1 aliphatic rings. The summed E-state index contributed by atoms with van der Waals surface area (Å²) in [5, 5.41) is 3.16. The van der Waals surface area contributed by atoms with E-state index in [-0.39, 0.29) is 11.6 Å². The van der Waals surface area contributed by atoms with Gasteiger partial charge in [-0.25, -0.2) is 9.48 Å². The van der Waals surface area contributed by atoms with E-state index in [1.807, 2.05) is 30.3 Å². The lowest BCUT2D eigenvalue weighted by Gasteiger charge is -2.15. The Balaban J connectivity index is 1.74. The number of carbonyl (C=O) groups excluding carboxylic acids is 1. The zero-order chi connectivity index (χ0) is 14.4. The summed E-state index contributed by atoms with van der Waals surface area (Å²) in [6.07, 6.45) is 0. The molecule has 21 heavy (non-hydrogen) atoms. The molecule has 2 heterocycles. The van der Waals surface area contributed by atoms with Crippen LogP contribution in [-0.4, -0.2) is 20.7 Å². The first kappa shape index (κ1) is 12.0. The lowest BCUT2D eigenvalue weighted by molar-refractivity contribution is 0.198. The molecule has 0 atom stereocenters. The Morgan fingerprint density at radius 2 is 1.57 bits per heavy atom. The van der Waals surface area contributed by atoms with Crippen LogP contribution < -0.4 is 5.56 Å². The number of para-hydroxylation sites is 1. The summed E-state index contributed by atoms with van der Waals surface area (Å²) in [4.78, 5) is 26.3. The van der Waals surface area contributed by atoms with Gasteiger partial charge in [0.15, 0.2) is 0 Å². The summed E-state index contributed by atoms with van der Waals surface area (Å²) in [5.74, 6) is 0. The van der Waals surface area contributed by atoms with Gasteiger partial charge in [-0.1, -0.05) is 36.4 Å². The number of hydrogen-bond acceptors (Lipinski definition) is 2. The van der Waals surface area contributed by atoms with Gasteiger partial charge in [0.2, 0.25) is 0 Å². The van der Waals surface area contributed by atoms with Crippen LogP contribution in [0.5, 0.6) is 0 Å². The summed E-state index contributed by atoms with van der Waals surface area (Å²) in [6.45, 7) is 1.15. The molecule has 0 radical (unpaired) electrons. The number of nitrogens with one attached hydrogen (secondary N) is 1. The van der Waals surface area contributed by atoms with Crippen molar-refractivity contribution in [3.8, 4) is 0 Å². The van der Waals surface area contributed by atoms with Gasteiger partial charge in [0.1, 0.15) is 0 Å². The van der Waals surface area contributed by atoms with Gasteiger partial charge >= 0.3 is 6.03 Å². The van der Waals surface area contributed by atoms with Crippen LogP contribution in [0.15, 0.2) is 53.3 Å². The maximum atomic E-state index is 12.7. The molecule has 2 aromatic carbocycles. The fraction of sp³-hybridized carbons (Fsp3) is 0.125. The topological polar surface area (TPSA) is 58.1 Å². The molecule has 5 heteroatoms. The normalized spacial score (nSPS) is 13.6. The lowest BCUT2D eigenvalue weighted by Crippen LogP contribution is -2.31. The Hall–Kier alpha value is -2.82. The van der Waals surface area contributed by atoms with Crippen molar-refractivity contribution in [3.05, 3.63) is 70.0 Å². The molecule has 0 spiro atoms. The smallest absolute Gasteiger partial charge is 0.314 e. The first-order valence-corrected chi connectivity index (χ1v) is 6.80. The Kier molecular flexibility index (Phi) is 2.47. The zero-order valence-electron chi connectivity index (χ0n) is 11.2. The number of amides is 1. The molecule has 0 aliphatic carbocycles. The third kappa shape index (κ3) is 1.78. The van der Waals surface area contributed by atoms with Crippen molar-refractivity contribution in [2.75, 3.05) is 0 Å². The number of hydrogen-bond donors (Lipinski definition) is 1. The largest absolute Gasteiger partial charge is 0.344 e. The van der Waals surface area contributed by atoms with Crippen molar-refractivity contribution in [2.45, 2.75) is 13.1 Å². The summed E-state index contributed by atoms with van der Waals surface area (Å²) in [5.41, 5.74) is 2.69. The molecule has 1 N–H and O–H groups in total. The molecule has 0 saturated heterocycles. The van der Waals surface area contributed by atoms with E-state index in [4.69, 9.17) is 0 Å². The highest BCUT2D eigenvalue weighted by atomic mass is 16.2. The van der Waals surface area contributed by atoms with Crippen molar-refractivity contribution in [1.82, 2.24) is 14.7 Å². The van der Waals surface area contributed by atoms with Crippen molar-refractivity contribution >= 4 is 16.9 Å². The van der Waals surface area contributed by atoms with E-state index in [2.05, 4.69) is 5.10 Å². The molecule has 0 fully saturated rings. The molecular formula is C16H13N3O2. The average Bonchev–Trinajstić information content (AvgIpc) is 3.09. The minimum atomic E-state index is -0.240. The van der Waals surface area contributed by atoms with E-state index in [1.165, 1.54) is 4.68 Å². The van der Waals surface area contributed by atoms with E-state index in [0.717, 1.165) is 11.1 Å². The van der Waals surface area contributed by atoms with Gasteiger partial charge in [0, 0.05) is 13.1 Å². The van der Waals surface area contributed by atoms with Crippen LogP contribution in [0.1, 0.15) is 11.1 Å². The van der Waals surface area contributed by atoms with Crippen LogP contribution in [0.25, 0.3) is 10.9 Å². The van der Waals surface area contributed by atoms with Crippen LogP contribution in [0.3, 0.4) is 0 Å². The van der Waals surface area contributed by atoms with Crippen molar-refractivity contribution in [3.63, 3.8) is 0 Å². The van der Waals surface area contributed by atoms with Crippen molar-refractivity contribution in [1.29, 1.82) is 0 Å². The first-order valence-electron chi connectivity index (χ1n) is 6.80. The number of nitrogens with zero attached hydrogens (tertiary/aromatic N) is 2.